The zero-order valence-electron chi connectivity index (χ0n) is 42.2. The van der Waals surface area contributed by atoms with Gasteiger partial charge in [-0.05, 0) is 234 Å². The molecule has 3 spiro atoms. The fourth-order valence-corrected chi connectivity index (χ4v) is 12.8. The van der Waals surface area contributed by atoms with Gasteiger partial charge in [-0.2, -0.15) is 0 Å². The van der Waals surface area contributed by atoms with E-state index in [0.29, 0.717) is 42.0 Å². The zero-order chi connectivity index (χ0) is 51.1. The summed E-state index contributed by atoms with van der Waals surface area (Å²) in [6.45, 7) is 18.7. The van der Waals surface area contributed by atoms with Gasteiger partial charge in [-0.15, -0.1) is 0 Å². The van der Waals surface area contributed by atoms with Gasteiger partial charge in [0.15, 0.2) is 22.5 Å². The number of hydrogen-bond acceptors (Lipinski definition) is 11. The van der Waals surface area contributed by atoms with Gasteiger partial charge in [0.25, 0.3) is 0 Å². The summed E-state index contributed by atoms with van der Waals surface area (Å²) in [6.07, 6.45) is 15.6. The normalized spacial score (nSPS) is 28.3. The molecule has 9 aliphatic carbocycles. The average molecular weight is 968 g/mol. The number of rotatable bonds is 12. The minimum atomic E-state index is -1.34. The van der Waals surface area contributed by atoms with Crippen molar-refractivity contribution in [2.24, 2.45) is 27.7 Å². The Kier molecular flexibility index (Phi) is 13.8. The number of nitrogens with zero attached hydrogens (tertiary/aromatic N) is 2. The highest BCUT2D eigenvalue weighted by Crippen LogP contribution is 2.67. The molecule has 0 radical (unpaired) electrons. The second kappa shape index (κ2) is 18.2. The molecule has 0 heterocycles. The molecule has 0 saturated heterocycles. The van der Waals surface area contributed by atoms with Crippen LogP contribution in [0.5, 0.6) is 0 Å². The monoisotopic (exact) mass is 968 g/mol. The number of Topliss-reactive ketones (excluding diaryl/α,β-unsaturated/α-hetero) is 3. The van der Waals surface area contributed by atoms with Crippen molar-refractivity contribution in [1.82, 2.24) is 15.4 Å². The summed E-state index contributed by atoms with van der Waals surface area (Å²) in [5.74, 6) is -0.443. The molecule has 0 aromatic rings. The molecule has 9 aliphatic rings. The van der Waals surface area contributed by atoms with Crippen molar-refractivity contribution in [3.05, 3.63) is 102 Å². The number of thiocarbonyl (C=S) groups is 1. The highest BCUT2D eigenvalue weighted by atomic mass is 32.1. The summed E-state index contributed by atoms with van der Waals surface area (Å²) in [4.78, 5) is 49.3. The predicted octanol–water partition coefficient (Wildman–Crippen LogP) is 7.28. The standard InChI is InChI=1S/C18H24N2O4.C18H24N2O3S.C18H25NO2/c1-10-9-13-14(12(10)5-4-8-20(24)16(19)22)11(2)18(6-7-18)17(3,23)15(13)21;1-10-9-13-14(12(10)5-4-8-20(23)16(19)24)11(2)18(6-7-18)17(3,22)15(13)21;1-11-10-14-15(13(11)6-5-9-19-4)12(2)18(7-8-18)17(3,21)16(14)20/h9,23-24H,4-8H2,1-3H3,(H2,19,22);9,22-23H,4-8H2,1-3H3,(H2,19,24);10,19,21H,5-9H2,1-4H3/t3*17-/m000/s1. The lowest BCUT2D eigenvalue weighted by Crippen LogP contribution is -2.49. The molecule has 2 amide bonds. The van der Waals surface area contributed by atoms with Gasteiger partial charge < -0.3 is 32.1 Å². The minimum Gasteiger partial charge on any atom is -0.381 e. The zero-order valence-corrected chi connectivity index (χ0v) is 43.0. The Morgan fingerprint density at radius 1 is 0.580 bits per heavy atom. The SMILES string of the molecule is CC1=C(CCCN(O)C(N)=O)C2=C(C)C3(CC3)[C@@](C)(O)C(=O)C2=C1.CC1=C(CCCN(O)C(N)=S)C2=C(C)C3(CC3)[C@@](C)(O)C(=O)C2=C1.CNCCCC1=C(C)C=C2C(=O)[C@](C)(O)C3(CC3)C(C)=C21. The molecule has 0 bridgehead atoms. The van der Waals surface area contributed by atoms with E-state index in [-0.39, 0.29) is 34.4 Å². The van der Waals surface area contributed by atoms with E-state index in [4.69, 9.17) is 23.7 Å². The first-order chi connectivity index (χ1) is 32.1. The summed E-state index contributed by atoms with van der Waals surface area (Å²) < 4.78 is 0. The van der Waals surface area contributed by atoms with Crippen molar-refractivity contribution >= 4 is 40.7 Å². The molecule has 15 heteroatoms. The Balaban J connectivity index is 0.000000153. The fourth-order valence-electron chi connectivity index (χ4n) is 12.7. The molecule has 3 fully saturated rings. The molecule has 374 valence electrons. The Bertz CT molecular complexity index is 2490. The van der Waals surface area contributed by atoms with E-state index in [9.17, 15) is 44.9 Å². The van der Waals surface area contributed by atoms with Gasteiger partial charge in [-0.1, -0.05) is 16.7 Å². The highest BCUT2D eigenvalue weighted by molar-refractivity contribution is 7.80. The van der Waals surface area contributed by atoms with Crippen LogP contribution in [0.4, 0.5) is 4.79 Å². The molecule has 0 aromatic carbocycles. The van der Waals surface area contributed by atoms with Crippen LogP contribution in [0.3, 0.4) is 0 Å². The van der Waals surface area contributed by atoms with E-state index >= 15 is 0 Å². The van der Waals surface area contributed by atoms with Crippen LogP contribution >= 0.6 is 12.2 Å². The number of carbonyl (C=O) groups excluding carboxylic acids is 4. The molecule has 3 saturated carbocycles. The molecule has 69 heavy (non-hydrogen) atoms. The highest BCUT2D eigenvalue weighted by Gasteiger charge is 2.67. The van der Waals surface area contributed by atoms with Gasteiger partial charge in [-0.3, -0.25) is 24.8 Å². The maximum atomic E-state index is 12.8. The number of carbonyl (C=O) groups is 4. The molecule has 0 unspecified atom stereocenters. The molecular weight excluding hydrogens is 895 g/mol. The van der Waals surface area contributed by atoms with Gasteiger partial charge in [0.1, 0.15) is 16.8 Å². The summed E-state index contributed by atoms with van der Waals surface area (Å²) in [5, 5.41) is 55.9. The summed E-state index contributed by atoms with van der Waals surface area (Å²) >= 11 is 4.73. The topological polar surface area (TPSA) is 240 Å². The number of hydroxylamine groups is 4. The Morgan fingerprint density at radius 3 is 1.13 bits per heavy atom. The maximum absolute atomic E-state index is 12.8. The number of primary amides is 1. The van der Waals surface area contributed by atoms with Crippen molar-refractivity contribution in [2.75, 3.05) is 26.7 Å². The van der Waals surface area contributed by atoms with E-state index in [1.165, 1.54) is 16.7 Å². The number of urea groups is 1. The third kappa shape index (κ3) is 8.23. The fraction of sp³-hybridized carbons (Fsp3) is 0.574. The number of allylic oxidation sites excluding steroid dienone is 12. The molecule has 0 aliphatic heterocycles. The minimum absolute atomic E-state index is 0.0397. The van der Waals surface area contributed by atoms with E-state index < -0.39 is 33.7 Å². The second-order valence-electron chi connectivity index (χ2n) is 21.4. The summed E-state index contributed by atoms with van der Waals surface area (Å²) in [5.41, 5.74) is 20.7. The Hall–Kier alpha value is -4.61. The van der Waals surface area contributed by atoms with Crippen molar-refractivity contribution in [2.45, 2.75) is 156 Å². The first kappa shape index (κ1) is 52.2. The van der Waals surface area contributed by atoms with Crippen LogP contribution in [0.1, 0.15) is 139 Å². The van der Waals surface area contributed by atoms with Gasteiger partial charge in [0, 0.05) is 39.5 Å². The first-order valence-electron chi connectivity index (χ1n) is 24.5. The Morgan fingerprint density at radius 2 is 0.870 bits per heavy atom. The smallest absolute Gasteiger partial charge is 0.338 e. The molecule has 9 rings (SSSR count). The van der Waals surface area contributed by atoms with Crippen LogP contribution in [-0.2, 0) is 14.4 Å². The molecule has 14 nitrogen and oxygen atoms in total. The summed E-state index contributed by atoms with van der Waals surface area (Å²) in [6, 6.07) is -0.873. The molecule has 3 atom stereocenters. The molecule has 10 N–H and O–H groups in total. The second-order valence-corrected chi connectivity index (χ2v) is 21.9. The third-order valence-electron chi connectivity index (χ3n) is 17.6. The average Bonchev–Trinajstić information content (AvgIpc) is 4.21. The lowest BCUT2D eigenvalue weighted by Gasteiger charge is -2.39. The number of amides is 2. The van der Waals surface area contributed by atoms with Crippen molar-refractivity contribution in [3.63, 3.8) is 0 Å². The van der Waals surface area contributed by atoms with Gasteiger partial charge in [0.05, 0.1) is 6.54 Å². The molecule has 0 aromatic heterocycles. The van der Waals surface area contributed by atoms with Crippen LogP contribution < -0.4 is 16.8 Å². The number of hydrogen-bond donors (Lipinski definition) is 8. The van der Waals surface area contributed by atoms with E-state index in [1.807, 2.05) is 53.0 Å². The van der Waals surface area contributed by atoms with Crippen molar-refractivity contribution in [1.29, 1.82) is 0 Å². The van der Waals surface area contributed by atoms with Crippen molar-refractivity contribution in [3.8, 4) is 0 Å². The van der Waals surface area contributed by atoms with Crippen LogP contribution in [0.15, 0.2) is 102 Å². The van der Waals surface area contributed by atoms with Crippen LogP contribution in [0.2, 0.25) is 0 Å². The van der Waals surface area contributed by atoms with E-state index in [1.54, 1.807) is 20.8 Å². The predicted molar refractivity (Wildman–Crippen MR) is 267 cm³/mol. The van der Waals surface area contributed by atoms with E-state index in [2.05, 4.69) is 19.2 Å². The largest absolute Gasteiger partial charge is 0.381 e. The van der Waals surface area contributed by atoms with Crippen molar-refractivity contribution < 1.29 is 44.9 Å². The van der Waals surface area contributed by atoms with Crippen LogP contribution in [0, 0.1) is 16.2 Å². The Labute approximate surface area is 411 Å². The molecular formula is C54H73N5O9S. The van der Waals surface area contributed by atoms with Gasteiger partial charge in [-0.25, -0.2) is 14.9 Å². The number of aliphatic hydroxyl groups is 3. The van der Waals surface area contributed by atoms with Gasteiger partial charge in [0.2, 0.25) is 0 Å². The van der Waals surface area contributed by atoms with E-state index in [0.717, 1.165) is 125 Å². The third-order valence-corrected chi connectivity index (χ3v) is 17.8. The maximum Gasteiger partial charge on any atom is 0.338 e. The van der Waals surface area contributed by atoms with Crippen LogP contribution in [-0.4, -0.2) is 108 Å². The number of nitrogens with one attached hydrogen (secondary N) is 1. The lowest BCUT2D eigenvalue weighted by molar-refractivity contribution is -0.138. The lowest BCUT2D eigenvalue weighted by atomic mass is 9.67. The summed E-state index contributed by atoms with van der Waals surface area (Å²) in [7, 11) is 1.96. The number of ketones is 3. The first-order valence-corrected chi connectivity index (χ1v) is 24.9. The quantitative estimate of drug-likeness (QED) is 0.0416. The number of nitrogens with two attached hydrogens (primary N) is 2. The van der Waals surface area contributed by atoms with Gasteiger partial charge >= 0.3 is 6.03 Å². The number of fused-ring (bicyclic) bond motifs is 3. The van der Waals surface area contributed by atoms with Crippen LogP contribution in [0.25, 0.3) is 0 Å².